The standard InChI is InChI=1S/C24H23N3O2S2/c28-21(26-14-11-18-8-4-5-9-20(18)26)16-31-24-25-19-12-15-30-22(19)23(29)27(24)13-10-17-6-2-1-3-7-17/h1-9H,10-16H2. The molecule has 2 aromatic carbocycles. The second-order valence-corrected chi connectivity index (χ2v) is 9.72. The zero-order valence-electron chi connectivity index (χ0n) is 17.1. The minimum absolute atomic E-state index is 0.0323. The van der Waals surface area contributed by atoms with Crippen LogP contribution in [0.1, 0.15) is 16.8 Å². The summed E-state index contributed by atoms with van der Waals surface area (Å²) in [6.07, 6.45) is 2.46. The molecule has 2 aliphatic rings. The van der Waals surface area contributed by atoms with E-state index < -0.39 is 0 Å². The van der Waals surface area contributed by atoms with E-state index >= 15 is 0 Å². The van der Waals surface area contributed by atoms with Crippen molar-refractivity contribution in [3.05, 3.63) is 81.8 Å². The van der Waals surface area contributed by atoms with Crippen molar-refractivity contribution < 1.29 is 4.79 Å². The summed E-state index contributed by atoms with van der Waals surface area (Å²) in [5.74, 6) is 1.24. The zero-order chi connectivity index (χ0) is 21.2. The molecule has 0 fully saturated rings. The molecule has 0 spiro atoms. The lowest BCUT2D eigenvalue weighted by molar-refractivity contribution is -0.116. The summed E-state index contributed by atoms with van der Waals surface area (Å²) in [5, 5.41) is 0.656. The predicted octanol–water partition coefficient (Wildman–Crippen LogP) is 3.82. The number of hydrogen-bond acceptors (Lipinski definition) is 5. The van der Waals surface area contributed by atoms with Crippen LogP contribution in [0, 0.1) is 0 Å². The number of amides is 1. The number of carbonyl (C=O) groups is 1. The van der Waals surface area contributed by atoms with E-state index in [1.807, 2.05) is 41.3 Å². The van der Waals surface area contributed by atoms with Gasteiger partial charge in [0.05, 0.1) is 16.3 Å². The Bertz CT molecular complexity index is 1180. The molecular formula is C24H23N3O2S2. The van der Waals surface area contributed by atoms with Crippen LogP contribution in [0.15, 0.2) is 69.4 Å². The molecule has 0 aliphatic carbocycles. The molecule has 0 saturated carbocycles. The van der Waals surface area contributed by atoms with Gasteiger partial charge in [-0.1, -0.05) is 60.3 Å². The van der Waals surface area contributed by atoms with Gasteiger partial charge in [0.2, 0.25) is 5.91 Å². The van der Waals surface area contributed by atoms with Crippen molar-refractivity contribution in [2.45, 2.75) is 35.9 Å². The summed E-state index contributed by atoms with van der Waals surface area (Å²) in [6, 6.07) is 18.2. The van der Waals surface area contributed by atoms with Gasteiger partial charge >= 0.3 is 0 Å². The summed E-state index contributed by atoms with van der Waals surface area (Å²) in [4.78, 5) is 33.6. The molecular weight excluding hydrogens is 426 g/mol. The molecule has 158 valence electrons. The summed E-state index contributed by atoms with van der Waals surface area (Å²) in [6.45, 7) is 1.28. The quantitative estimate of drug-likeness (QED) is 0.423. The van der Waals surface area contributed by atoms with Gasteiger partial charge in [-0.3, -0.25) is 14.2 Å². The molecule has 0 unspecified atom stereocenters. The van der Waals surface area contributed by atoms with Gasteiger partial charge in [-0.15, -0.1) is 11.8 Å². The van der Waals surface area contributed by atoms with E-state index in [0.29, 0.717) is 18.2 Å². The highest BCUT2D eigenvalue weighted by Gasteiger charge is 2.26. The van der Waals surface area contributed by atoms with E-state index in [1.165, 1.54) is 22.9 Å². The molecule has 0 N–H and O–H groups in total. The number of thioether (sulfide) groups is 2. The molecule has 0 saturated heterocycles. The highest BCUT2D eigenvalue weighted by molar-refractivity contribution is 8.00. The third-order valence-electron chi connectivity index (χ3n) is 5.73. The van der Waals surface area contributed by atoms with Crippen molar-refractivity contribution >= 4 is 35.1 Å². The maximum atomic E-state index is 13.2. The second-order valence-electron chi connectivity index (χ2n) is 7.67. The Morgan fingerprint density at radius 3 is 2.74 bits per heavy atom. The number of fused-ring (bicyclic) bond motifs is 2. The molecule has 0 bridgehead atoms. The van der Waals surface area contributed by atoms with E-state index in [9.17, 15) is 9.59 Å². The topological polar surface area (TPSA) is 55.2 Å². The Balaban J connectivity index is 1.36. The van der Waals surface area contributed by atoms with E-state index in [1.54, 1.807) is 16.3 Å². The van der Waals surface area contributed by atoms with Crippen LogP contribution in [0.3, 0.4) is 0 Å². The lowest BCUT2D eigenvalue weighted by atomic mass is 10.1. The Morgan fingerprint density at radius 2 is 1.87 bits per heavy atom. The predicted molar refractivity (Wildman–Crippen MR) is 126 cm³/mol. The Labute approximate surface area is 189 Å². The Kier molecular flexibility index (Phi) is 5.87. The molecule has 3 aromatic rings. The summed E-state index contributed by atoms with van der Waals surface area (Å²) >= 11 is 2.98. The van der Waals surface area contributed by atoms with Crippen LogP contribution < -0.4 is 10.5 Å². The van der Waals surface area contributed by atoms with Gasteiger partial charge in [0.25, 0.3) is 5.56 Å². The van der Waals surface area contributed by atoms with Gasteiger partial charge < -0.3 is 4.90 Å². The SMILES string of the molecule is O=C(CSc1nc2c(c(=O)n1CCc1ccccc1)SCC2)N1CCc2ccccc21. The first-order valence-corrected chi connectivity index (χ1v) is 12.5. The number of aryl methyl sites for hydroxylation is 2. The van der Waals surface area contributed by atoms with Gasteiger partial charge in [-0.2, -0.15) is 0 Å². The van der Waals surface area contributed by atoms with Crippen molar-refractivity contribution in [1.82, 2.24) is 9.55 Å². The van der Waals surface area contributed by atoms with Gasteiger partial charge in [0, 0.05) is 31.0 Å². The number of benzene rings is 2. The normalized spacial score (nSPS) is 14.5. The number of para-hydroxylation sites is 1. The van der Waals surface area contributed by atoms with Crippen molar-refractivity contribution in [2.24, 2.45) is 0 Å². The van der Waals surface area contributed by atoms with Crippen molar-refractivity contribution in [2.75, 3.05) is 23.0 Å². The van der Waals surface area contributed by atoms with Crippen molar-refractivity contribution in [1.29, 1.82) is 0 Å². The largest absolute Gasteiger partial charge is 0.311 e. The molecule has 0 radical (unpaired) electrons. The van der Waals surface area contributed by atoms with Gasteiger partial charge in [-0.25, -0.2) is 4.98 Å². The molecule has 0 atom stereocenters. The van der Waals surface area contributed by atoms with Crippen LogP contribution in [-0.4, -0.2) is 33.5 Å². The zero-order valence-corrected chi connectivity index (χ0v) is 18.8. The van der Waals surface area contributed by atoms with Gasteiger partial charge in [-0.05, 0) is 30.0 Å². The molecule has 2 aliphatic heterocycles. The van der Waals surface area contributed by atoms with Crippen molar-refractivity contribution in [3.8, 4) is 0 Å². The van der Waals surface area contributed by atoms with Crippen LogP contribution in [0.4, 0.5) is 5.69 Å². The first kappa shape index (κ1) is 20.4. The minimum Gasteiger partial charge on any atom is -0.311 e. The molecule has 3 heterocycles. The average Bonchev–Trinajstić information content (AvgIpc) is 3.45. The monoisotopic (exact) mass is 449 g/mol. The molecule has 5 rings (SSSR count). The van der Waals surface area contributed by atoms with Crippen LogP contribution in [-0.2, 0) is 30.6 Å². The lowest BCUT2D eigenvalue weighted by Crippen LogP contribution is -2.31. The van der Waals surface area contributed by atoms with E-state index in [0.717, 1.165) is 41.3 Å². The highest BCUT2D eigenvalue weighted by atomic mass is 32.2. The average molecular weight is 450 g/mol. The number of anilines is 1. The summed E-state index contributed by atoms with van der Waals surface area (Å²) in [5.41, 5.74) is 4.32. The Hall–Kier alpha value is -2.51. The number of carbonyl (C=O) groups excluding carboxylic acids is 1. The maximum absolute atomic E-state index is 13.2. The maximum Gasteiger partial charge on any atom is 0.268 e. The minimum atomic E-state index is 0.0323. The second kappa shape index (κ2) is 8.93. The van der Waals surface area contributed by atoms with Gasteiger partial charge in [0.15, 0.2) is 5.16 Å². The summed E-state index contributed by atoms with van der Waals surface area (Å²) < 4.78 is 1.76. The fourth-order valence-electron chi connectivity index (χ4n) is 4.12. The first-order valence-electron chi connectivity index (χ1n) is 10.5. The smallest absolute Gasteiger partial charge is 0.268 e. The molecule has 7 heteroatoms. The molecule has 5 nitrogen and oxygen atoms in total. The molecule has 1 aromatic heterocycles. The fraction of sp³-hybridized carbons (Fsp3) is 0.292. The highest BCUT2D eigenvalue weighted by Crippen LogP contribution is 2.31. The number of rotatable bonds is 6. The number of nitrogens with zero attached hydrogens (tertiary/aromatic N) is 3. The molecule has 1 amide bonds. The van der Waals surface area contributed by atoms with Crippen LogP contribution in [0.2, 0.25) is 0 Å². The summed E-state index contributed by atoms with van der Waals surface area (Å²) in [7, 11) is 0. The molecule has 31 heavy (non-hydrogen) atoms. The lowest BCUT2D eigenvalue weighted by Gasteiger charge is -2.18. The van der Waals surface area contributed by atoms with E-state index in [-0.39, 0.29) is 17.2 Å². The third-order valence-corrected chi connectivity index (χ3v) is 7.80. The van der Waals surface area contributed by atoms with E-state index in [4.69, 9.17) is 4.98 Å². The van der Waals surface area contributed by atoms with E-state index in [2.05, 4.69) is 18.2 Å². The Morgan fingerprint density at radius 1 is 1.06 bits per heavy atom. The van der Waals surface area contributed by atoms with Crippen molar-refractivity contribution in [3.63, 3.8) is 0 Å². The third kappa shape index (κ3) is 4.16. The first-order chi connectivity index (χ1) is 15.2. The van der Waals surface area contributed by atoms with Crippen LogP contribution >= 0.6 is 23.5 Å². The number of hydrogen-bond donors (Lipinski definition) is 0. The fourth-order valence-corrected chi connectivity index (χ4v) is 6.08. The number of aromatic nitrogens is 2. The van der Waals surface area contributed by atoms with Crippen LogP contribution in [0.25, 0.3) is 0 Å². The van der Waals surface area contributed by atoms with Crippen LogP contribution in [0.5, 0.6) is 0 Å². The van der Waals surface area contributed by atoms with Gasteiger partial charge in [0.1, 0.15) is 0 Å².